The molecule has 0 aromatic carbocycles. The maximum atomic E-state index is 12.5. The van der Waals surface area contributed by atoms with E-state index in [1.54, 1.807) is 25.3 Å². The van der Waals surface area contributed by atoms with E-state index >= 15 is 0 Å². The van der Waals surface area contributed by atoms with E-state index in [-0.39, 0.29) is 27.1 Å². The van der Waals surface area contributed by atoms with E-state index in [0.29, 0.717) is 28.8 Å². The lowest BCUT2D eigenvalue weighted by Gasteiger charge is -2.07. The summed E-state index contributed by atoms with van der Waals surface area (Å²) in [7, 11) is 1.22. The molecule has 0 saturated carbocycles. The molecule has 3 aromatic rings. The molecule has 0 aliphatic heterocycles. The Morgan fingerprint density at radius 3 is 2.73 bits per heavy atom. The summed E-state index contributed by atoms with van der Waals surface area (Å²) in [5.41, 5.74) is 5.84. The Hall–Kier alpha value is -3.12. The number of anilines is 1. The van der Waals surface area contributed by atoms with Crippen LogP contribution in [0.2, 0.25) is 0 Å². The number of methoxy groups -OCH3 is 1. The fourth-order valence-electron chi connectivity index (χ4n) is 2.75. The normalized spacial score (nSPS) is 10.8. The highest BCUT2D eigenvalue weighted by Crippen LogP contribution is 2.33. The van der Waals surface area contributed by atoms with Gasteiger partial charge >= 0.3 is 5.97 Å². The lowest BCUT2D eigenvalue weighted by Crippen LogP contribution is -2.16. The summed E-state index contributed by atoms with van der Waals surface area (Å²) in [6, 6.07) is 3.54. The Balaban J connectivity index is 1.75. The van der Waals surface area contributed by atoms with Gasteiger partial charge in [0.05, 0.1) is 29.6 Å². The van der Waals surface area contributed by atoms with Crippen molar-refractivity contribution in [2.75, 3.05) is 18.2 Å². The number of carbonyl (C=O) groups is 3. The topological polar surface area (TPSA) is 142 Å². The van der Waals surface area contributed by atoms with Crippen molar-refractivity contribution in [2.45, 2.75) is 25.5 Å². The number of furan rings is 1. The van der Waals surface area contributed by atoms with Gasteiger partial charge in [0.15, 0.2) is 16.7 Å². The molecular weight excluding hydrogens is 430 g/mol. The van der Waals surface area contributed by atoms with Gasteiger partial charge in [-0.3, -0.25) is 14.2 Å². The van der Waals surface area contributed by atoms with Gasteiger partial charge in [0.2, 0.25) is 5.91 Å². The summed E-state index contributed by atoms with van der Waals surface area (Å²) in [5, 5.41) is 11.7. The number of amides is 2. The number of thiophene rings is 1. The van der Waals surface area contributed by atoms with Gasteiger partial charge in [-0.1, -0.05) is 11.8 Å². The third-order valence-corrected chi connectivity index (χ3v) is 6.31. The van der Waals surface area contributed by atoms with Crippen molar-refractivity contribution < 1.29 is 23.5 Å². The molecule has 0 spiro atoms. The Morgan fingerprint density at radius 1 is 1.37 bits per heavy atom. The van der Waals surface area contributed by atoms with Crippen LogP contribution in [0.4, 0.5) is 5.00 Å². The van der Waals surface area contributed by atoms with Crippen molar-refractivity contribution in [1.82, 2.24) is 14.8 Å². The van der Waals surface area contributed by atoms with Gasteiger partial charge in [-0.25, -0.2) is 4.79 Å². The van der Waals surface area contributed by atoms with Gasteiger partial charge < -0.3 is 20.2 Å². The van der Waals surface area contributed by atoms with Crippen molar-refractivity contribution in [3.8, 4) is 11.6 Å². The molecule has 0 bridgehead atoms. The maximum Gasteiger partial charge on any atom is 0.341 e. The van der Waals surface area contributed by atoms with Gasteiger partial charge in [0, 0.05) is 6.54 Å². The number of esters is 1. The average molecular weight is 450 g/mol. The first-order chi connectivity index (χ1) is 14.4. The standard InChI is InChI=1S/C18H19N5O5S2/c1-4-23-15(10-6-5-7-28-10)21-22-18(23)29-8-11(24)20-16-12(17(26)27-3)9(2)13(30-16)14(19)25/h5-7H,4,8H2,1-3H3,(H2,19,25)(H,20,24). The third-order valence-electron chi connectivity index (χ3n) is 4.12. The van der Waals surface area contributed by atoms with Crippen LogP contribution in [0.15, 0.2) is 28.0 Å². The number of primary amides is 1. The van der Waals surface area contributed by atoms with E-state index in [1.807, 2.05) is 11.5 Å². The number of aromatic nitrogens is 3. The van der Waals surface area contributed by atoms with E-state index in [1.165, 1.54) is 18.9 Å². The smallest absolute Gasteiger partial charge is 0.341 e. The zero-order valence-electron chi connectivity index (χ0n) is 16.4. The summed E-state index contributed by atoms with van der Waals surface area (Å²) in [5.74, 6) is -0.561. The van der Waals surface area contributed by atoms with Crippen LogP contribution in [0.1, 0.15) is 32.5 Å². The van der Waals surface area contributed by atoms with E-state index in [4.69, 9.17) is 14.9 Å². The Labute approximate surface area is 179 Å². The summed E-state index contributed by atoms with van der Waals surface area (Å²) < 4.78 is 12.0. The monoisotopic (exact) mass is 449 g/mol. The minimum atomic E-state index is -0.681. The molecule has 0 fully saturated rings. The second kappa shape index (κ2) is 9.13. The zero-order chi connectivity index (χ0) is 21.8. The molecule has 0 atom stereocenters. The Bertz CT molecular complexity index is 1090. The summed E-state index contributed by atoms with van der Waals surface area (Å²) in [6.07, 6.45) is 1.55. The first-order valence-electron chi connectivity index (χ1n) is 8.78. The minimum absolute atomic E-state index is 0.0136. The van der Waals surface area contributed by atoms with Crippen LogP contribution >= 0.6 is 23.1 Å². The number of nitrogens with two attached hydrogens (primary N) is 1. The molecule has 12 heteroatoms. The number of nitrogens with one attached hydrogen (secondary N) is 1. The highest BCUT2D eigenvalue weighted by molar-refractivity contribution is 7.99. The molecule has 3 aromatic heterocycles. The average Bonchev–Trinajstić information content (AvgIpc) is 3.44. The zero-order valence-corrected chi connectivity index (χ0v) is 18.1. The molecule has 0 aliphatic rings. The second-order valence-electron chi connectivity index (χ2n) is 5.98. The molecular formula is C18H19N5O5S2. The number of carbonyl (C=O) groups excluding carboxylic acids is 3. The van der Waals surface area contributed by atoms with Gasteiger partial charge in [-0.05, 0) is 31.5 Å². The number of ether oxygens (including phenoxy) is 1. The fourth-order valence-corrected chi connectivity index (χ4v) is 4.61. The molecule has 2 amide bonds. The quantitative estimate of drug-likeness (QED) is 0.395. The lowest BCUT2D eigenvalue weighted by molar-refractivity contribution is -0.113. The van der Waals surface area contributed by atoms with E-state index in [0.717, 1.165) is 11.3 Å². The van der Waals surface area contributed by atoms with E-state index in [2.05, 4.69) is 15.5 Å². The van der Waals surface area contributed by atoms with Crippen molar-refractivity contribution in [2.24, 2.45) is 5.73 Å². The van der Waals surface area contributed by atoms with Crippen LogP contribution in [0, 0.1) is 6.92 Å². The number of hydrogen-bond donors (Lipinski definition) is 2. The van der Waals surface area contributed by atoms with Crippen LogP contribution in [0.3, 0.4) is 0 Å². The highest BCUT2D eigenvalue weighted by atomic mass is 32.2. The first kappa shape index (κ1) is 21.6. The molecule has 30 heavy (non-hydrogen) atoms. The molecule has 0 unspecified atom stereocenters. The molecule has 3 N–H and O–H groups in total. The summed E-state index contributed by atoms with van der Waals surface area (Å²) in [6.45, 7) is 4.10. The van der Waals surface area contributed by atoms with Gasteiger partial charge in [-0.2, -0.15) is 0 Å². The SMILES string of the molecule is CCn1c(SCC(=O)Nc2sc(C(N)=O)c(C)c2C(=O)OC)nnc1-c1ccco1. The van der Waals surface area contributed by atoms with Crippen molar-refractivity contribution in [1.29, 1.82) is 0 Å². The molecule has 158 valence electrons. The van der Waals surface area contributed by atoms with Crippen molar-refractivity contribution in [3.05, 3.63) is 34.4 Å². The summed E-state index contributed by atoms with van der Waals surface area (Å²) >= 11 is 2.12. The maximum absolute atomic E-state index is 12.5. The third kappa shape index (κ3) is 4.24. The molecule has 0 aliphatic carbocycles. The van der Waals surface area contributed by atoms with Gasteiger partial charge in [0.1, 0.15) is 5.00 Å². The number of rotatable bonds is 8. The van der Waals surface area contributed by atoms with E-state index < -0.39 is 11.9 Å². The number of hydrogen-bond acceptors (Lipinski definition) is 9. The first-order valence-corrected chi connectivity index (χ1v) is 10.6. The second-order valence-corrected chi connectivity index (χ2v) is 7.94. The molecule has 0 saturated heterocycles. The Kier molecular flexibility index (Phi) is 6.57. The summed E-state index contributed by atoms with van der Waals surface area (Å²) in [4.78, 5) is 36.4. The molecule has 10 nitrogen and oxygen atoms in total. The Morgan fingerprint density at radius 2 is 2.13 bits per heavy atom. The van der Waals surface area contributed by atoms with Crippen LogP contribution in [0.5, 0.6) is 0 Å². The highest BCUT2D eigenvalue weighted by Gasteiger charge is 2.25. The minimum Gasteiger partial charge on any atom is -0.465 e. The van der Waals surface area contributed by atoms with Crippen molar-refractivity contribution in [3.63, 3.8) is 0 Å². The largest absolute Gasteiger partial charge is 0.465 e. The van der Waals surface area contributed by atoms with Crippen LogP contribution in [0.25, 0.3) is 11.6 Å². The predicted molar refractivity (Wildman–Crippen MR) is 112 cm³/mol. The molecule has 0 radical (unpaired) electrons. The number of thioether (sulfide) groups is 1. The van der Waals surface area contributed by atoms with Crippen molar-refractivity contribution >= 4 is 45.9 Å². The van der Waals surface area contributed by atoms with Gasteiger partial charge in [0.25, 0.3) is 5.91 Å². The lowest BCUT2D eigenvalue weighted by atomic mass is 10.1. The molecule has 3 rings (SSSR count). The van der Waals surface area contributed by atoms with Gasteiger partial charge in [-0.15, -0.1) is 21.5 Å². The van der Waals surface area contributed by atoms with Crippen LogP contribution in [-0.2, 0) is 16.1 Å². The number of nitrogens with zero attached hydrogens (tertiary/aromatic N) is 3. The van der Waals surface area contributed by atoms with Crippen LogP contribution < -0.4 is 11.1 Å². The van der Waals surface area contributed by atoms with Crippen LogP contribution in [-0.4, -0.2) is 45.4 Å². The van der Waals surface area contributed by atoms with E-state index in [9.17, 15) is 14.4 Å². The predicted octanol–water partition coefficient (Wildman–Crippen LogP) is 2.54. The molecule has 3 heterocycles. The fraction of sp³-hybridized carbons (Fsp3) is 0.278.